The van der Waals surface area contributed by atoms with Crippen LogP contribution in [0.3, 0.4) is 0 Å². The number of pyridine rings is 1. The maximum Gasteiger partial charge on any atom is 0.251 e. The highest BCUT2D eigenvalue weighted by Gasteiger charge is 2.24. The number of hydrogen-bond donors (Lipinski definition) is 2. The number of amides is 1. The van der Waals surface area contributed by atoms with E-state index >= 15 is 0 Å². The highest BCUT2D eigenvalue weighted by molar-refractivity contribution is 5.81. The van der Waals surface area contributed by atoms with Crippen LogP contribution in [0.2, 0.25) is 0 Å². The van der Waals surface area contributed by atoms with Crippen LogP contribution in [0, 0.1) is 17.1 Å². The highest BCUT2D eigenvalue weighted by Crippen LogP contribution is 2.21. The monoisotopic (exact) mass is 398 g/mol. The van der Waals surface area contributed by atoms with Crippen molar-refractivity contribution in [3.8, 4) is 17.2 Å². The molecule has 0 aliphatic carbocycles. The van der Waals surface area contributed by atoms with Crippen LogP contribution in [-0.4, -0.2) is 42.3 Å². The molecule has 3 rings (SSSR count). The summed E-state index contributed by atoms with van der Waals surface area (Å²) in [4.78, 5) is 23.9. The number of carbonyl (C=O) groups excluding carboxylic acids is 1. The number of aromatic nitrogens is 1. The van der Waals surface area contributed by atoms with Crippen LogP contribution in [0.15, 0.2) is 41.3 Å². The van der Waals surface area contributed by atoms with Crippen LogP contribution in [0.25, 0.3) is 11.1 Å². The molecule has 2 atom stereocenters. The van der Waals surface area contributed by atoms with E-state index in [9.17, 15) is 19.2 Å². The van der Waals surface area contributed by atoms with Crippen molar-refractivity contribution in [1.29, 1.82) is 5.26 Å². The summed E-state index contributed by atoms with van der Waals surface area (Å²) in [7, 11) is 1.63. The van der Waals surface area contributed by atoms with Crippen molar-refractivity contribution in [3.05, 3.63) is 58.3 Å². The molecule has 1 amide bonds. The number of carbonyl (C=O) groups is 1. The Morgan fingerprint density at radius 2 is 2.21 bits per heavy atom. The predicted molar refractivity (Wildman–Crippen MR) is 106 cm³/mol. The molecule has 1 aromatic carbocycles. The number of halogens is 1. The van der Waals surface area contributed by atoms with Gasteiger partial charge in [0.25, 0.3) is 5.91 Å². The standard InChI is InChI=1S/C21H23FN4O3/c1-26-13-16(5-6-20(26)27)14-3-4-15(18(22)10-14)9-17(11-23)25-21(28)19-12-24-7-2-8-29-19/h3-6,10,13,17,19,24H,2,7-9,12H2,1H3,(H,25,28)/t17-,19-/m0/s1. The first-order valence-electron chi connectivity index (χ1n) is 9.45. The molecular formula is C21H23FN4O3. The summed E-state index contributed by atoms with van der Waals surface area (Å²) in [5.41, 5.74) is 1.51. The lowest BCUT2D eigenvalue weighted by molar-refractivity contribution is -0.132. The van der Waals surface area contributed by atoms with E-state index in [0.29, 0.717) is 29.8 Å². The Morgan fingerprint density at radius 3 is 2.93 bits per heavy atom. The summed E-state index contributed by atoms with van der Waals surface area (Å²) in [6.45, 7) is 1.63. The van der Waals surface area contributed by atoms with Gasteiger partial charge in [-0.2, -0.15) is 5.26 Å². The number of hydrogen-bond acceptors (Lipinski definition) is 5. The molecule has 152 valence electrons. The van der Waals surface area contributed by atoms with Gasteiger partial charge in [0.15, 0.2) is 0 Å². The molecule has 2 heterocycles. The topological polar surface area (TPSA) is 96.2 Å². The van der Waals surface area contributed by atoms with E-state index in [1.54, 1.807) is 31.4 Å². The van der Waals surface area contributed by atoms with Crippen molar-refractivity contribution < 1.29 is 13.9 Å². The van der Waals surface area contributed by atoms with Crippen molar-refractivity contribution in [2.45, 2.75) is 25.0 Å². The van der Waals surface area contributed by atoms with Gasteiger partial charge in [0.2, 0.25) is 5.56 Å². The van der Waals surface area contributed by atoms with Crippen molar-refractivity contribution in [1.82, 2.24) is 15.2 Å². The van der Waals surface area contributed by atoms with E-state index in [0.717, 1.165) is 13.0 Å². The minimum atomic E-state index is -0.868. The average molecular weight is 398 g/mol. The van der Waals surface area contributed by atoms with Gasteiger partial charge >= 0.3 is 0 Å². The fourth-order valence-electron chi connectivity index (χ4n) is 3.15. The normalized spacial score (nSPS) is 17.8. The lowest BCUT2D eigenvalue weighted by atomic mass is 10.0. The van der Waals surface area contributed by atoms with E-state index in [4.69, 9.17) is 4.74 Å². The molecule has 2 N–H and O–H groups in total. The zero-order chi connectivity index (χ0) is 20.8. The number of ether oxygens (including phenoxy) is 1. The summed E-state index contributed by atoms with van der Waals surface area (Å²) in [6.07, 6.45) is 1.83. The SMILES string of the molecule is Cn1cc(-c2ccc(C[C@@H](C#N)NC(=O)[C@@H]3CNCCCO3)c(F)c2)ccc1=O. The van der Waals surface area contributed by atoms with Crippen LogP contribution >= 0.6 is 0 Å². The van der Waals surface area contributed by atoms with Crippen LogP contribution < -0.4 is 16.2 Å². The number of aryl methyl sites for hydroxylation is 1. The molecule has 1 aliphatic heterocycles. The number of nitrogens with zero attached hydrogens (tertiary/aromatic N) is 2. The highest BCUT2D eigenvalue weighted by atomic mass is 19.1. The zero-order valence-electron chi connectivity index (χ0n) is 16.2. The fourth-order valence-corrected chi connectivity index (χ4v) is 3.15. The minimum Gasteiger partial charge on any atom is -0.367 e. The zero-order valence-corrected chi connectivity index (χ0v) is 16.2. The summed E-state index contributed by atoms with van der Waals surface area (Å²) in [5.74, 6) is -0.855. The number of nitrogens with one attached hydrogen (secondary N) is 2. The Morgan fingerprint density at radius 1 is 1.41 bits per heavy atom. The molecule has 0 unspecified atom stereocenters. The smallest absolute Gasteiger partial charge is 0.251 e. The van der Waals surface area contributed by atoms with Crippen LogP contribution in [0.5, 0.6) is 0 Å². The third-order valence-electron chi connectivity index (χ3n) is 4.81. The first-order chi connectivity index (χ1) is 14.0. The maximum absolute atomic E-state index is 14.6. The lowest BCUT2D eigenvalue weighted by Crippen LogP contribution is -2.46. The van der Waals surface area contributed by atoms with E-state index in [1.165, 1.54) is 16.7 Å². The second-order valence-corrected chi connectivity index (χ2v) is 6.98. The van der Waals surface area contributed by atoms with Gasteiger partial charge in [-0.3, -0.25) is 9.59 Å². The molecule has 0 bridgehead atoms. The molecule has 0 spiro atoms. The van der Waals surface area contributed by atoms with Crippen LogP contribution in [0.1, 0.15) is 12.0 Å². The first-order valence-corrected chi connectivity index (χ1v) is 9.45. The second-order valence-electron chi connectivity index (χ2n) is 6.98. The summed E-state index contributed by atoms with van der Waals surface area (Å²) in [5, 5.41) is 15.1. The maximum atomic E-state index is 14.6. The number of nitriles is 1. The van der Waals surface area contributed by atoms with Crippen LogP contribution in [0.4, 0.5) is 4.39 Å². The third kappa shape index (κ3) is 5.28. The molecule has 0 saturated carbocycles. The van der Waals surface area contributed by atoms with E-state index < -0.39 is 18.0 Å². The molecule has 1 aliphatic rings. The molecule has 1 fully saturated rings. The average Bonchev–Trinajstić information content (AvgIpc) is 3.00. The first kappa shape index (κ1) is 20.7. The number of rotatable bonds is 5. The van der Waals surface area contributed by atoms with E-state index in [2.05, 4.69) is 10.6 Å². The quantitative estimate of drug-likeness (QED) is 0.787. The van der Waals surface area contributed by atoms with Gasteiger partial charge in [0, 0.05) is 38.9 Å². The molecule has 1 aromatic heterocycles. The van der Waals surface area contributed by atoms with Gasteiger partial charge < -0.3 is 19.9 Å². The molecule has 8 heteroatoms. The van der Waals surface area contributed by atoms with Gasteiger partial charge in [-0.05, 0) is 41.8 Å². The largest absolute Gasteiger partial charge is 0.367 e. The Balaban J connectivity index is 1.69. The summed E-state index contributed by atoms with van der Waals surface area (Å²) >= 11 is 0. The Hall–Kier alpha value is -3.02. The van der Waals surface area contributed by atoms with E-state index in [-0.39, 0.29) is 17.9 Å². The van der Waals surface area contributed by atoms with Crippen molar-refractivity contribution in [2.24, 2.45) is 7.05 Å². The van der Waals surface area contributed by atoms with Gasteiger partial charge in [0.05, 0.1) is 6.07 Å². The molecule has 7 nitrogen and oxygen atoms in total. The van der Waals surface area contributed by atoms with Crippen LogP contribution in [-0.2, 0) is 23.0 Å². The predicted octanol–water partition coefficient (Wildman–Crippen LogP) is 1.12. The molecule has 0 radical (unpaired) electrons. The second kappa shape index (κ2) is 9.45. The Kier molecular flexibility index (Phi) is 6.75. The molecule has 1 saturated heterocycles. The van der Waals surface area contributed by atoms with Gasteiger partial charge in [-0.15, -0.1) is 0 Å². The van der Waals surface area contributed by atoms with Gasteiger partial charge in [-0.25, -0.2) is 4.39 Å². The summed E-state index contributed by atoms with van der Waals surface area (Å²) < 4.78 is 21.5. The fraction of sp³-hybridized carbons (Fsp3) is 0.381. The van der Waals surface area contributed by atoms with Crippen molar-refractivity contribution >= 4 is 5.91 Å². The van der Waals surface area contributed by atoms with Gasteiger partial charge in [0.1, 0.15) is 18.0 Å². The van der Waals surface area contributed by atoms with Crippen molar-refractivity contribution in [2.75, 3.05) is 19.7 Å². The van der Waals surface area contributed by atoms with E-state index in [1.807, 2.05) is 6.07 Å². The molecule has 2 aromatic rings. The Labute approximate surface area is 168 Å². The molecule has 29 heavy (non-hydrogen) atoms. The molecular weight excluding hydrogens is 375 g/mol. The Bertz CT molecular complexity index is 975. The summed E-state index contributed by atoms with van der Waals surface area (Å²) in [6, 6.07) is 8.89. The van der Waals surface area contributed by atoms with Gasteiger partial charge in [-0.1, -0.05) is 12.1 Å². The third-order valence-corrected chi connectivity index (χ3v) is 4.81. The lowest BCUT2D eigenvalue weighted by Gasteiger charge is -2.18. The number of benzene rings is 1. The minimum absolute atomic E-state index is 0.0434. The van der Waals surface area contributed by atoms with Crippen molar-refractivity contribution in [3.63, 3.8) is 0 Å².